The molecule has 0 spiro atoms. The summed E-state index contributed by atoms with van der Waals surface area (Å²) in [5.74, 6) is -0.173. The van der Waals surface area contributed by atoms with Gasteiger partial charge in [-0.25, -0.2) is 0 Å². The van der Waals surface area contributed by atoms with Gasteiger partial charge in [-0.15, -0.1) is 0 Å². The summed E-state index contributed by atoms with van der Waals surface area (Å²) in [5.41, 5.74) is 3.90. The Labute approximate surface area is 172 Å². The topological polar surface area (TPSA) is 49.4 Å². The molecule has 4 rings (SSSR count). The van der Waals surface area contributed by atoms with Crippen LogP contribution in [0.25, 0.3) is 0 Å². The van der Waals surface area contributed by atoms with E-state index in [0.29, 0.717) is 17.7 Å². The predicted octanol–water partition coefficient (Wildman–Crippen LogP) is 5.29. The molecule has 0 atom stereocenters. The molecule has 0 bridgehead atoms. The maximum Gasteiger partial charge on any atom is 0.258 e. The fourth-order valence-electron chi connectivity index (χ4n) is 3.44. The van der Waals surface area contributed by atoms with Crippen LogP contribution in [0.3, 0.4) is 0 Å². The van der Waals surface area contributed by atoms with Crippen LogP contribution in [0.2, 0.25) is 0 Å². The Morgan fingerprint density at radius 1 is 0.893 bits per heavy atom. The molecule has 0 aromatic heterocycles. The van der Waals surface area contributed by atoms with Crippen LogP contribution in [0.4, 0.5) is 11.4 Å². The predicted molar refractivity (Wildman–Crippen MR) is 115 cm³/mol. The van der Waals surface area contributed by atoms with Crippen molar-refractivity contribution in [2.45, 2.75) is 12.8 Å². The number of benzene rings is 3. The van der Waals surface area contributed by atoms with Gasteiger partial charge in [0.25, 0.3) is 11.8 Å². The lowest BCUT2D eigenvalue weighted by atomic mass is 9.98. The molecule has 1 aliphatic heterocycles. The number of amides is 2. The molecule has 28 heavy (non-hydrogen) atoms. The summed E-state index contributed by atoms with van der Waals surface area (Å²) in [4.78, 5) is 27.4. The highest BCUT2D eigenvalue weighted by molar-refractivity contribution is 9.10. The summed E-state index contributed by atoms with van der Waals surface area (Å²) in [6.45, 7) is 0.684. The molecule has 0 radical (unpaired) electrons. The van der Waals surface area contributed by atoms with Gasteiger partial charge < -0.3 is 10.2 Å². The van der Waals surface area contributed by atoms with Gasteiger partial charge in [0.15, 0.2) is 0 Å². The van der Waals surface area contributed by atoms with Gasteiger partial charge in [-0.1, -0.05) is 30.3 Å². The number of fused-ring (bicyclic) bond motifs is 1. The number of nitrogens with one attached hydrogen (secondary N) is 1. The van der Waals surface area contributed by atoms with Crippen molar-refractivity contribution in [3.05, 3.63) is 94.0 Å². The third-order valence-electron chi connectivity index (χ3n) is 4.85. The van der Waals surface area contributed by atoms with E-state index in [4.69, 9.17) is 0 Å². The normalized spacial score (nSPS) is 13.0. The zero-order chi connectivity index (χ0) is 19.5. The summed E-state index contributed by atoms with van der Waals surface area (Å²) in [6.07, 6.45) is 1.73. The number of rotatable bonds is 3. The summed E-state index contributed by atoms with van der Waals surface area (Å²) < 4.78 is 0.834. The van der Waals surface area contributed by atoms with Crippen LogP contribution in [-0.2, 0) is 6.42 Å². The van der Waals surface area contributed by atoms with Gasteiger partial charge in [0.2, 0.25) is 0 Å². The van der Waals surface area contributed by atoms with Crippen molar-refractivity contribution in [1.29, 1.82) is 0 Å². The Balaban J connectivity index is 1.59. The minimum absolute atomic E-state index is 0.00744. The number of carbonyl (C=O) groups is 2. The van der Waals surface area contributed by atoms with Gasteiger partial charge in [-0.2, -0.15) is 0 Å². The largest absolute Gasteiger partial charge is 0.321 e. The summed E-state index contributed by atoms with van der Waals surface area (Å²) in [7, 11) is 0. The summed E-state index contributed by atoms with van der Waals surface area (Å²) in [5, 5.41) is 2.93. The number of aryl methyl sites for hydroxylation is 1. The van der Waals surface area contributed by atoms with Crippen molar-refractivity contribution in [2.24, 2.45) is 0 Å². The van der Waals surface area contributed by atoms with Gasteiger partial charge in [0.05, 0.1) is 5.69 Å². The number of hydrogen-bond donors (Lipinski definition) is 1. The maximum atomic E-state index is 12.9. The van der Waals surface area contributed by atoms with E-state index in [9.17, 15) is 9.59 Å². The first-order valence-electron chi connectivity index (χ1n) is 9.19. The van der Waals surface area contributed by atoms with Crippen LogP contribution >= 0.6 is 15.9 Å². The van der Waals surface area contributed by atoms with E-state index in [1.165, 1.54) is 0 Å². The second-order valence-corrected chi connectivity index (χ2v) is 7.56. The molecule has 1 heterocycles. The molecule has 1 aliphatic rings. The van der Waals surface area contributed by atoms with Crippen LogP contribution in [0, 0.1) is 0 Å². The van der Waals surface area contributed by atoms with Crippen LogP contribution in [0.1, 0.15) is 32.7 Å². The molecule has 0 unspecified atom stereocenters. The molecular weight excluding hydrogens is 416 g/mol. The van der Waals surface area contributed by atoms with Crippen molar-refractivity contribution in [1.82, 2.24) is 0 Å². The zero-order valence-electron chi connectivity index (χ0n) is 15.2. The number of para-hydroxylation sites is 1. The minimum Gasteiger partial charge on any atom is -0.321 e. The first-order chi connectivity index (χ1) is 13.6. The van der Waals surface area contributed by atoms with Crippen LogP contribution in [0.15, 0.2) is 77.3 Å². The third kappa shape index (κ3) is 3.71. The standard InChI is InChI=1S/C23H19BrN2O2/c24-19-10-4-5-11-20(19)25-22(27)18-12-13-21-17(15-18)9-6-14-26(21)23(28)16-7-2-1-3-8-16/h1-5,7-8,10-13,15H,6,9,14H2,(H,25,27). The molecular formula is C23H19BrN2O2. The highest BCUT2D eigenvalue weighted by Gasteiger charge is 2.24. The molecule has 1 N–H and O–H groups in total. The van der Waals surface area contributed by atoms with Gasteiger partial charge in [0, 0.05) is 27.8 Å². The smallest absolute Gasteiger partial charge is 0.258 e. The number of nitrogens with zero attached hydrogens (tertiary/aromatic N) is 1. The first kappa shape index (κ1) is 18.4. The molecule has 0 saturated heterocycles. The lowest BCUT2D eigenvalue weighted by Gasteiger charge is -2.30. The number of carbonyl (C=O) groups excluding carboxylic acids is 2. The molecule has 4 nitrogen and oxygen atoms in total. The highest BCUT2D eigenvalue weighted by atomic mass is 79.9. The van der Waals surface area contributed by atoms with Gasteiger partial charge >= 0.3 is 0 Å². The first-order valence-corrected chi connectivity index (χ1v) is 9.98. The van der Waals surface area contributed by atoms with E-state index >= 15 is 0 Å². The average molecular weight is 435 g/mol. The Kier molecular flexibility index (Phi) is 5.26. The third-order valence-corrected chi connectivity index (χ3v) is 5.54. The second-order valence-electron chi connectivity index (χ2n) is 6.70. The SMILES string of the molecule is O=C(Nc1ccccc1Br)c1ccc2c(c1)CCCN2C(=O)c1ccccc1. The van der Waals surface area contributed by atoms with Gasteiger partial charge in [-0.05, 0) is 76.8 Å². The van der Waals surface area contributed by atoms with Crippen molar-refractivity contribution in [2.75, 3.05) is 16.8 Å². The second kappa shape index (κ2) is 7.98. The summed E-state index contributed by atoms with van der Waals surface area (Å²) >= 11 is 3.44. The van der Waals surface area contributed by atoms with E-state index in [1.54, 1.807) is 6.07 Å². The molecule has 3 aromatic rings. The van der Waals surface area contributed by atoms with Crippen molar-refractivity contribution < 1.29 is 9.59 Å². The van der Waals surface area contributed by atoms with Gasteiger partial charge in [-0.3, -0.25) is 9.59 Å². The van der Waals surface area contributed by atoms with E-state index < -0.39 is 0 Å². The quantitative estimate of drug-likeness (QED) is 0.608. The van der Waals surface area contributed by atoms with E-state index in [1.807, 2.05) is 71.6 Å². The van der Waals surface area contributed by atoms with Gasteiger partial charge in [0.1, 0.15) is 0 Å². The summed E-state index contributed by atoms with van der Waals surface area (Å²) in [6, 6.07) is 22.4. The number of hydrogen-bond acceptors (Lipinski definition) is 2. The number of halogens is 1. The zero-order valence-corrected chi connectivity index (χ0v) is 16.8. The van der Waals surface area contributed by atoms with E-state index in [-0.39, 0.29) is 11.8 Å². The van der Waals surface area contributed by atoms with Crippen LogP contribution in [0.5, 0.6) is 0 Å². The Morgan fingerprint density at radius 2 is 1.64 bits per heavy atom. The molecule has 5 heteroatoms. The molecule has 0 saturated carbocycles. The Bertz CT molecular complexity index is 1030. The van der Waals surface area contributed by atoms with Crippen molar-refractivity contribution >= 4 is 39.1 Å². The van der Waals surface area contributed by atoms with E-state index in [2.05, 4.69) is 21.2 Å². The average Bonchev–Trinajstić information content (AvgIpc) is 2.74. The molecule has 2 amide bonds. The van der Waals surface area contributed by atoms with E-state index in [0.717, 1.165) is 34.3 Å². The minimum atomic E-state index is -0.166. The van der Waals surface area contributed by atoms with Crippen molar-refractivity contribution in [3.63, 3.8) is 0 Å². The Morgan fingerprint density at radius 3 is 2.43 bits per heavy atom. The fourth-order valence-corrected chi connectivity index (χ4v) is 3.83. The lowest BCUT2D eigenvalue weighted by molar-refractivity contribution is 0.0984. The number of anilines is 2. The van der Waals surface area contributed by atoms with Crippen LogP contribution in [-0.4, -0.2) is 18.4 Å². The molecule has 0 aliphatic carbocycles. The van der Waals surface area contributed by atoms with Crippen LogP contribution < -0.4 is 10.2 Å². The lowest BCUT2D eigenvalue weighted by Crippen LogP contribution is -2.35. The molecule has 3 aromatic carbocycles. The Hall–Kier alpha value is -2.92. The molecule has 0 fully saturated rings. The monoisotopic (exact) mass is 434 g/mol. The molecule has 140 valence electrons. The fraction of sp³-hybridized carbons (Fsp3) is 0.130. The van der Waals surface area contributed by atoms with Crippen molar-refractivity contribution in [3.8, 4) is 0 Å². The maximum absolute atomic E-state index is 12.9. The highest BCUT2D eigenvalue weighted by Crippen LogP contribution is 2.30.